The van der Waals surface area contributed by atoms with E-state index < -0.39 is 17.8 Å². The van der Waals surface area contributed by atoms with Gasteiger partial charge in [-0.15, -0.1) is 22.7 Å². The number of thiophene rings is 2. The molecule has 0 atom stereocenters. The number of rotatable bonds is 8. The van der Waals surface area contributed by atoms with Crippen molar-refractivity contribution in [3.63, 3.8) is 0 Å². The van der Waals surface area contributed by atoms with E-state index >= 15 is 0 Å². The molecule has 10 nitrogen and oxygen atoms in total. The number of benzene rings is 2. The summed E-state index contributed by atoms with van der Waals surface area (Å²) >= 11 is 9.07. The summed E-state index contributed by atoms with van der Waals surface area (Å²) in [4.78, 5) is 55.6. The van der Waals surface area contributed by atoms with Gasteiger partial charge in [-0.3, -0.25) is 19.6 Å². The highest BCUT2D eigenvalue weighted by Crippen LogP contribution is 2.37. The largest absolute Gasteiger partial charge is 0.478 e. The van der Waals surface area contributed by atoms with Gasteiger partial charge in [0.25, 0.3) is 11.8 Å². The van der Waals surface area contributed by atoms with E-state index in [1.54, 1.807) is 41.2 Å². The molecule has 0 aliphatic rings. The summed E-state index contributed by atoms with van der Waals surface area (Å²) in [7, 11) is 0. The topological polar surface area (TPSA) is 159 Å². The highest BCUT2D eigenvalue weighted by atomic mass is 79.9. The maximum absolute atomic E-state index is 12.2. The zero-order chi connectivity index (χ0) is 34.2. The lowest BCUT2D eigenvalue weighted by Crippen LogP contribution is -2.13. The Morgan fingerprint density at radius 3 is 1.46 bits per heavy atom. The van der Waals surface area contributed by atoms with Crippen LogP contribution in [0.5, 0.6) is 0 Å². The number of nitrogens with zero attached hydrogens (tertiary/aromatic N) is 2. The van der Waals surface area contributed by atoms with Crippen LogP contribution in [-0.4, -0.2) is 43.9 Å². The number of hydrogen-bond donors (Lipinski definition) is 4. The van der Waals surface area contributed by atoms with Gasteiger partial charge in [-0.1, -0.05) is 56.1 Å². The lowest BCUT2D eigenvalue weighted by atomic mass is 10.0. The second-order valence-corrected chi connectivity index (χ2v) is 13.3. The molecule has 4 heterocycles. The van der Waals surface area contributed by atoms with Gasteiger partial charge in [-0.25, -0.2) is 9.59 Å². The highest BCUT2D eigenvalue weighted by molar-refractivity contribution is 9.10. The number of anilines is 2. The first-order valence-electron chi connectivity index (χ1n) is 13.8. The Hall–Kier alpha value is -5.02. The highest BCUT2D eigenvalue weighted by Gasteiger charge is 2.23. The fourth-order valence-corrected chi connectivity index (χ4v) is 6.80. The molecular weight excluding hydrogens is 784 g/mol. The number of halogens is 2. The molecule has 0 radical (unpaired) electrons. The standard InChI is InChI=1S/2C17H11BrN2O3S/c18-12-3-1-10(2-4-12)13-9-24-16(14(13)17(22)23)20-15(21)11-5-7-19-8-6-11;18-12-5-3-10(4-6-12)13-9-24-16(14(13)17(22)23)20-15(21)11-2-1-7-19-8-11/h2*1-9H,(H,20,21)(H,22,23). The van der Waals surface area contributed by atoms with E-state index in [1.807, 2.05) is 48.5 Å². The maximum Gasteiger partial charge on any atom is 0.339 e. The number of pyridine rings is 2. The van der Waals surface area contributed by atoms with Crippen molar-refractivity contribution >= 4 is 88.3 Å². The van der Waals surface area contributed by atoms with E-state index in [0.29, 0.717) is 32.3 Å². The SMILES string of the molecule is O=C(Nc1scc(-c2ccc(Br)cc2)c1C(=O)O)c1cccnc1.O=C(Nc1scc(-c2ccc(Br)cc2)c1C(=O)O)c1ccncc1. The molecule has 14 heteroatoms. The van der Waals surface area contributed by atoms with Gasteiger partial charge in [0, 0.05) is 61.2 Å². The summed E-state index contributed by atoms with van der Waals surface area (Å²) in [6.07, 6.45) is 6.01. The molecule has 0 fully saturated rings. The minimum absolute atomic E-state index is 0.0829. The molecule has 2 amide bonds. The summed E-state index contributed by atoms with van der Waals surface area (Å²) in [5.41, 5.74) is 3.65. The Morgan fingerprint density at radius 1 is 0.583 bits per heavy atom. The number of aromatic carboxylic acids is 2. The predicted molar refractivity (Wildman–Crippen MR) is 193 cm³/mol. The number of carboxylic acid groups (broad SMARTS) is 2. The maximum atomic E-state index is 12.2. The van der Waals surface area contributed by atoms with Crippen LogP contribution in [0.25, 0.3) is 22.3 Å². The summed E-state index contributed by atoms with van der Waals surface area (Å²) in [5, 5.41) is 28.5. The number of carbonyl (C=O) groups is 4. The van der Waals surface area contributed by atoms with Crippen LogP contribution in [-0.2, 0) is 0 Å². The average molecular weight is 807 g/mol. The van der Waals surface area contributed by atoms with Crippen molar-refractivity contribution in [3.05, 3.63) is 140 Å². The van der Waals surface area contributed by atoms with Crippen LogP contribution in [0.1, 0.15) is 41.4 Å². The summed E-state index contributed by atoms with van der Waals surface area (Å²) in [6.45, 7) is 0. The Kier molecular flexibility index (Phi) is 11.2. The third kappa shape index (κ3) is 8.27. The minimum atomic E-state index is -1.09. The summed E-state index contributed by atoms with van der Waals surface area (Å²) in [5.74, 6) is -2.94. The summed E-state index contributed by atoms with van der Waals surface area (Å²) in [6, 6.07) is 21.1. The molecule has 6 rings (SSSR count). The number of amides is 2. The van der Waals surface area contributed by atoms with Gasteiger partial charge < -0.3 is 20.8 Å². The first-order chi connectivity index (χ1) is 23.1. The number of hydrogen-bond acceptors (Lipinski definition) is 8. The molecule has 0 bridgehead atoms. The smallest absolute Gasteiger partial charge is 0.339 e. The Morgan fingerprint density at radius 2 is 1.04 bits per heavy atom. The van der Waals surface area contributed by atoms with Gasteiger partial charge in [-0.05, 0) is 59.7 Å². The molecule has 0 aliphatic heterocycles. The van der Waals surface area contributed by atoms with E-state index in [2.05, 4.69) is 52.5 Å². The molecule has 0 spiro atoms. The van der Waals surface area contributed by atoms with Crippen LogP contribution in [0.4, 0.5) is 10.0 Å². The van der Waals surface area contributed by atoms with Crippen LogP contribution in [0, 0.1) is 0 Å². The van der Waals surface area contributed by atoms with Gasteiger partial charge in [0.1, 0.15) is 21.1 Å². The molecule has 48 heavy (non-hydrogen) atoms. The fourth-order valence-electron chi connectivity index (χ4n) is 4.36. The zero-order valence-electron chi connectivity index (χ0n) is 24.4. The fraction of sp³-hybridized carbons (Fsp3) is 0. The van der Waals surface area contributed by atoms with Crippen molar-refractivity contribution in [2.45, 2.75) is 0 Å². The van der Waals surface area contributed by atoms with Crippen LogP contribution in [0.3, 0.4) is 0 Å². The molecule has 0 aliphatic carbocycles. The van der Waals surface area contributed by atoms with Crippen molar-refractivity contribution in [1.29, 1.82) is 0 Å². The van der Waals surface area contributed by atoms with Gasteiger partial charge in [0.15, 0.2) is 0 Å². The first kappa shape index (κ1) is 34.3. The molecule has 0 unspecified atom stereocenters. The van der Waals surface area contributed by atoms with Crippen molar-refractivity contribution in [3.8, 4) is 22.3 Å². The van der Waals surface area contributed by atoms with Crippen molar-refractivity contribution in [1.82, 2.24) is 9.97 Å². The molecular formula is C34H22Br2N4O6S2. The lowest BCUT2D eigenvalue weighted by molar-refractivity contribution is 0.0688. The van der Waals surface area contributed by atoms with Gasteiger partial charge >= 0.3 is 11.9 Å². The van der Waals surface area contributed by atoms with E-state index in [-0.39, 0.29) is 17.0 Å². The third-order valence-electron chi connectivity index (χ3n) is 6.64. The van der Waals surface area contributed by atoms with E-state index in [4.69, 9.17) is 0 Å². The predicted octanol–water partition coefficient (Wildman–Crippen LogP) is 9.05. The Balaban J connectivity index is 0.000000188. The van der Waals surface area contributed by atoms with Gasteiger partial charge in [0.05, 0.1) is 5.56 Å². The molecule has 4 N–H and O–H groups in total. The van der Waals surface area contributed by atoms with E-state index in [0.717, 1.165) is 20.1 Å². The quantitative estimate of drug-likeness (QED) is 0.119. The van der Waals surface area contributed by atoms with Crippen molar-refractivity contribution in [2.75, 3.05) is 10.6 Å². The van der Waals surface area contributed by atoms with Crippen LogP contribution in [0.15, 0.2) is 117 Å². The summed E-state index contributed by atoms with van der Waals surface area (Å²) < 4.78 is 1.81. The van der Waals surface area contributed by atoms with Gasteiger partial charge in [-0.2, -0.15) is 0 Å². The number of nitrogens with one attached hydrogen (secondary N) is 2. The second-order valence-electron chi connectivity index (χ2n) is 9.72. The average Bonchev–Trinajstić information content (AvgIpc) is 3.71. The molecule has 4 aromatic heterocycles. The zero-order valence-corrected chi connectivity index (χ0v) is 29.2. The van der Waals surface area contributed by atoms with Crippen molar-refractivity contribution in [2.24, 2.45) is 0 Å². The molecule has 2 aromatic carbocycles. The second kappa shape index (κ2) is 15.7. The molecule has 6 aromatic rings. The Labute approximate surface area is 298 Å². The lowest BCUT2D eigenvalue weighted by Gasteiger charge is -2.06. The number of carboxylic acids is 2. The van der Waals surface area contributed by atoms with Crippen molar-refractivity contribution < 1.29 is 29.4 Å². The van der Waals surface area contributed by atoms with Gasteiger partial charge in [0.2, 0.25) is 0 Å². The minimum Gasteiger partial charge on any atom is -0.478 e. The first-order valence-corrected chi connectivity index (χ1v) is 17.1. The van der Waals surface area contributed by atoms with Crippen LogP contribution < -0.4 is 10.6 Å². The van der Waals surface area contributed by atoms with E-state index in [1.165, 1.54) is 41.3 Å². The normalized spacial score (nSPS) is 10.4. The third-order valence-corrected chi connectivity index (χ3v) is 9.49. The Bertz CT molecular complexity index is 1940. The van der Waals surface area contributed by atoms with Crippen LogP contribution in [0.2, 0.25) is 0 Å². The molecule has 0 saturated carbocycles. The number of carbonyl (C=O) groups excluding carboxylic acids is 2. The molecule has 0 saturated heterocycles. The molecule has 240 valence electrons. The monoisotopic (exact) mass is 804 g/mol. The number of aromatic nitrogens is 2. The van der Waals surface area contributed by atoms with Crippen LogP contribution >= 0.6 is 54.5 Å². The van der Waals surface area contributed by atoms with E-state index in [9.17, 15) is 29.4 Å².